The minimum Gasteiger partial charge on any atom is -0.375 e. The maximum atomic E-state index is 5.64. The van der Waals surface area contributed by atoms with E-state index in [-0.39, 0.29) is 0 Å². The summed E-state index contributed by atoms with van der Waals surface area (Å²) in [5.74, 6) is 1.53. The standard InChI is InChI=1S/C14H22N4/c1-10(9-15)6-7-18(3)12-4-5-13-14(8-12)17-11(2)16-13/h4-5,8,10H,6-7,9,15H2,1-3H3,(H,16,17). The van der Waals surface area contributed by atoms with Crippen molar-refractivity contribution in [2.75, 3.05) is 25.0 Å². The van der Waals surface area contributed by atoms with Crippen LogP contribution in [0.2, 0.25) is 0 Å². The van der Waals surface area contributed by atoms with Crippen molar-refractivity contribution in [2.45, 2.75) is 20.3 Å². The number of imidazole rings is 1. The van der Waals surface area contributed by atoms with E-state index in [1.165, 1.54) is 5.69 Å². The SMILES string of the molecule is Cc1nc2ccc(N(C)CCC(C)CN)cc2[nH]1. The summed E-state index contributed by atoms with van der Waals surface area (Å²) in [6.45, 7) is 5.95. The van der Waals surface area contributed by atoms with Gasteiger partial charge in [-0.25, -0.2) is 4.98 Å². The first-order valence-electron chi connectivity index (χ1n) is 6.47. The molecule has 4 heteroatoms. The van der Waals surface area contributed by atoms with Gasteiger partial charge in [0.25, 0.3) is 0 Å². The first-order chi connectivity index (χ1) is 8.60. The topological polar surface area (TPSA) is 57.9 Å². The van der Waals surface area contributed by atoms with Crippen LogP contribution < -0.4 is 10.6 Å². The molecule has 1 aromatic carbocycles. The Morgan fingerprint density at radius 3 is 2.94 bits per heavy atom. The molecule has 18 heavy (non-hydrogen) atoms. The van der Waals surface area contributed by atoms with E-state index in [0.717, 1.165) is 36.4 Å². The highest BCUT2D eigenvalue weighted by atomic mass is 15.1. The van der Waals surface area contributed by atoms with Gasteiger partial charge in [0.05, 0.1) is 11.0 Å². The second kappa shape index (κ2) is 5.40. The van der Waals surface area contributed by atoms with E-state index in [1.807, 2.05) is 6.92 Å². The highest BCUT2D eigenvalue weighted by molar-refractivity contribution is 5.79. The number of nitrogens with one attached hydrogen (secondary N) is 1. The first kappa shape index (κ1) is 12.9. The van der Waals surface area contributed by atoms with Crippen LogP contribution in [0.15, 0.2) is 18.2 Å². The Bertz CT molecular complexity index is 517. The van der Waals surface area contributed by atoms with E-state index in [9.17, 15) is 0 Å². The Balaban J connectivity index is 2.10. The van der Waals surface area contributed by atoms with Crippen molar-refractivity contribution in [3.63, 3.8) is 0 Å². The monoisotopic (exact) mass is 246 g/mol. The van der Waals surface area contributed by atoms with E-state index >= 15 is 0 Å². The molecule has 98 valence electrons. The maximum absolute atomic E-state index is 5.64. The van der Waals surface area contributed by atoms with Crippen LogP contribution in [-0.4, -0.2) is 30.1 Å². The second-order valence-electron chi connectivity index (χ2n) is 5.07. The lowest BCUT2D eigenvalue weighted by molar-refractivity contribution is 0.545. The molecule has 4 nitrogen and oxygen atoms in total. The zero-order valence-electron chi connectivity index (χ0n) is 11.4. The van der Waals surface area contributed by atoms with Crippen molar-refractivity contribution in [2.24, 2.45) is 11.7 Å². The van der Waals surface area contributed by atoms with E-state index < -0.39 is 0 Å². The Labute approximate surface area is 108 Å². The number of nitrogens with two attached hydrogens (primary N) is 1. The van der Waals surface area contributed by atoms with E-state index in [0.29, 0.717) is 5.92 Å². The predicted octanol–water partition coefficient (Wildman–Crippen LogP) is 2.29. The number of H-pyrrole nitrogens is 1. The fourth-order valence-corrected chi connectivity index (χ4v) is 2.02. The molecule has 1 atom stereocenters. The van der Waals surface area contributed by atoms with Gasteiger partial charge in [0.2, 0.25) is 0 Å². The van der Waals surface area contributed by atoms with Crippen molar-refractivity contribution in [1.82, 2.24) is 9.97 Å². The molecule has 2 aromatic rings. The quantitative estimate of drug-likeness (QED) is 0.851. The van der Waals surface area contributed by atoms with Gasteiger partial charge in [-0.1, -0.05) is 6.92 Å². The molecule has 0 amide bonds. The van der Waals surface area contributed by atoms with Gasteiger partial charge in [-0.2, -0.15) is 0 Å². The van der Waals surface area contributed by atoms with E-state index in [4.69, 9.17) is 5.73 Å². The summed E-state index contributed by atoms with van der Waals surface area (Å²) in [4.78, 5) is 9.95. The van der Waals surface area contributed by atoms with Crippen molar-refractivity contribution in [3.05, 3.63) is 24.0 Å². The summed E-state index contributed by atoms with van der Waals surface area (Å²) in [6, 6.07) is 6.34. The van der Waals surface area contributed by atoms with Crippen molar-refractivity contribution in [3.8, 4) is 0 Å². The third-order valence-electron chi connectivity index (χ3n) is 3.38. The molecule has 0 bridgehead atoms. The van der Waals surface area contributed by atoms with Gasteiger partial charge in [-0.3, -0.25) is 0 Å². The predicted molar refractivity (Wildman–Crippen MR) is 76.9 cm³/mol. The van der Waals surface area contributed by atoms with Crippen LogP contribution in [0.4, 0.5) is 5.69 Å². The van der Waals surface area contributed by atoms with Gasteiger partial charge in [0.1, 0.15) is 5.82 Å². The fraction of sp³-hybridized carbons (Fsp3) is 0.500. The zero-order chi connectivity index (χ0) is 13.1. The molecular formula is C14H22N4. The summed E-state index contributed by atoms with van der Waals surface area (Å²) in [6.07, 6.45) is 1.12. The number of hydrogen-bond donors (Lipinski definition) is 2. The fourth-order valence-electron chi connectivity index (χ4n) is 2.02. The number of hydrogen-bond acceptors (Lipinski definition) is 3. The van der Waals surface area contributed by atoms with Crippen molar-refractivity contribution in [1.29, 1.82) is 0 Å². The average molecular weight is 246 g/mol. The maximum Gasteiger partial charge on any atom is 0.104 e. The summed E-state index contributed by atoms with van der Waals surface area (Å²) in [5.41, 5.74) is 8.99. The Kier molecular flexibility index (Phi) is 3.87. The number of fused-ring (bicyclic) bond motifs is 1. The molecule has 0 fully saturated rings. The smallest absolute Gasteiger partial charge is 0.104 e. The summed E-state index contributed by atoms with van der Waals surface area (Å²) < 4.78 is 0. The second-order valence-corrected chi connectivity index (χ2v) is 5.07. The van der Waals surface area contributed by atoms with Gasteiger partial charge in [0.15, 0.2) is 0 Å². The first-order valence-corrected chi connectivity index (χ1v) is 6.47. The molecule has 2 rings (SSSR count). The van der Waals surface area contributed by atoms with Crippen LogP contribution in [-0.2, 0) is 0 Å². The molecule has 1 unspecified atom stereocenters. The normalized spacial score (nSPS) is 12.9. The minimum atomic E-state index is 0.575. The summed E-state index contributed by atoms with van der Waals surface area (Å²) in [5, 5.41) is 0. The average Bonchev–Trinajstić information content (AvgIpc) is 2.74. The lowest BCUT2D eigenvalue weighted by Gasteiger charge is -2.21. The lowest BCUT2D eigenvalue weighted by Crippen LogP contribution is -2.22. The largest absolute Gasteiger partial charge is 0.375 e. The summed E-state index contributed by atoms with van der Waals surface area (Å²) >= 11 is 0. The number of rotatable bonds is 5. The molecule has 1 aromatic heterocycles. The van der Waals surface area contributed by atoms with Crippen LogP contribution in [0.3, 0.4) is 0 Å². The number of aromatic amines is 1. The third kappa shape index (κ3) is 2.82. The molecule has 0 radical (unpaired) electrons. The van der Waals surface area contributed by atoms with Gasteiger partial charge in [0, 0.05) is 19.3 Å². The summed E-state index contributed by atoms with van der Waals surface area (Å²) in [7, 11) is 2.12. The molecular weight excluding hydrogens is 224 g/mol. The van der Waals surface area contributed by atoms with Crippen LogP contribution in [0.1, 0.15) is 19.2 Å². The number of aryl methyl sites for hydroxylation is 1. The van der Waals surface area contributed by atoms with Crippen LogP contribution in [0.25, 0.3) is 11.0 Å². The number of aromatic nitrogens is 2. The Morgan fingerprint density at radius 2 is 2.22 bits per heavy atom. The minimum absolute atomic E-state index is 0.575. The molecule has 0 saturated carbocycles. The van der Waals surface area contributed by atoms with E-state index in [1.54, 1.807) is 0 Å². The van der Waals surface area contributed by atoms with Crippen LogP contribution in [0.5, 0.6) is 0 Å². The number of anilines is 1. The van der Waals surface area contributed by atoms with Crippen LogP contribution in [0, 0.1) is 12.8 Å². The lowest BCUT2D eigenvalue weighted by atomic mass is 10.1. The number of benzene rings is 1. The van der Waals surface area contributed by atoms with Gasteiger partial charge < -0.3 is 15.6 Å². The van der Waals surface area contributed by atoms with E-state index in [2.05, 4.69) is 47.0 Å². The zero-order valence-corrected chi connectivity index (χ0v) is 11.4. The van der Waals surface area contributed by atoms with Gasteiger partial charge in [-0.15, -0.1) is 0 Å². The highest BCUT2D eigenvalue weighted by Gasteiger charge is 2.06. The molecule has 0 aliphatic heterocycles. The number of nitrogens with zero attached hydrogens (tertiary/aromatic N) is 2. The highest BCUT2D eigenvalue weighted by Crippen LogP contribution is 2.20. The van der Waals surface area contributed by atoms with Gasteiger partial charge >= 0.3 is 0 Å². The van der Waals surface area contributed by atoms with Crippen molar-refractivity contribution >= 4 is 16.7 Å². The Hall–Kier alpha value is -1.55. The Morgan fingerprint density at radius 1 is 1.44 bits per heavy atom. The molecule has 0 aliphatic carbocycles. The molecule has 0 aliphatic rings. The molecule has 0 saturated heterocycles. The molecule has 1 heterocycles. The van der Waals surface area contributed by atoms with Gasteiger partial charge in [-0.05, 0) is 44.0 Å². The molecule has 0 spiro atoms. The van der Waals surface area contributed by atoms with Crippen LogP contribution >= 0.6 is 0 Å². The third-order valence-corrected chi connectivity index (χ3v) is 3.38. The molecule has 3 N–H and O–H groups in total. The van der Waals surface area contributed by atoms with Crippen molar-refractivity contribution < 1.29 is 0 Å².